The number of rotatable bonds is 12. The van der Waals surface area contributed by atoms with E-state index in [9.17, 15) is 15.3 Å². The van der Waals surface area contributed by atoms with E-state index in [4.69, 9.17) is 21.1 Å². The van der Waals surface area contributed by atoms with Crippen LogP contribution in [0.15, 0.2) is 42.5 Å². The molecule has 0 amide bonds. The lowest BCUT2D eigenvalue weighted by Crippen LogP contribution is -2.25. The van der Waals surface area contributed by atoms with Gasteiger partial charge in [0, 0.05) is 5.41 Å². The maximum absolute atomic E-state index is 10.3. The number of benzene rings is 2. The Balaban J connectivity index is 1.61. The number of nitrogens with zero attached hydrogens (tertiary/aromatic N) is 3. The van der Waals surface area contributed by atoms with E-state index in [1.54, 1.807) is 0 Å². The first-order valence-corrected chi connectivity index (χ1v) is 13.6. The number of aromatic nitrogens is 3. The first-order valence-electron chi connectivity index (χ1n) is 10.9. The zero-order valence-electron chi connectivity index (χ0n) is 19.4. The summed E-state index contributed by atoms with van der Waals surface area (Å²) in [6.45, 7) is 4.52. The van der Waals surface area contributed by atoms with Gasteiger partial charge in [0.05, 0.1) is 28.3 Å². The fourth-order valence-corrected chi connectivity index (χ4v) is 4.73. The maximum Gasteiger partial charge on any atom is 0.149 e. The summed E-state index contributed by atoms with van der Waals surface area (Å²) in [5.74, 6) is 1.49. The number of aliphatic hydroxyl groups excluding tert-OH is 3. The number of alkyl halides is 1. The maximum atomic E-state index is 10.3. The molecular weight excluding hydrogens is 696 g/mol. The first kappa shape index (κ1) is 28.4. The Hall–Kier alpha value is -1.19. The van der Waals surface area contributed by atoms with Gasteiger partial charge in [-0.25, -0.2) is 4.68 Å². The molecule has 2 atom stereocenters. The number of aliphatic hydroxyl groups is 3. The second kappa shape index (κ2) is 12.9. The van der Waals surface area contributed by atoms with Crippen LogP contribution in [0.4, 0.5) is 0 Å². The van der Waals surface area contributed by atoms with E-state index in [1.165, 1.54) is 4.68 Å². The Labute approximate surface area is 236 Å². The van der Waals surface area contributed by atoms with Crippen molar-refractivity contribution in [3.05, 3.63) is 66.6 Å². The van der Waals surface area contributed by atoms with Crippen molar-refractivity contribution >= 4 is 56.8 Å². The molecule has 0 fully saturated rings. The summed E-state index contributed by atoms with van der Waals surface area (Å²) in [7, 11) is 0. The highest BCUT2D eigenvalue weighted by Gasteiger charge is 2.24. The number of ether oxygens (including phenoxy) is 2. The minimum Gasteiger partial charge on any atom is -0.491 e. The molecule has 0 saturated heterocycles. The van der Waals surface area contributed by atoms with Gasteiger partial charge in [0.2, 0.25) is 0 Å². The lowest BCUT2D eigenvalue weighted by atomic mass is 9.78. The fourth-order valence-electron chi connectivity index (χ4n) is 3.42. The van der Waals surface area contributed by atoms with Crippen LogP contribution in [0.1, 0.15) is 30.7 Å². The molecule has 3 rings (SSSR count). The molecule has 0 aliphatic rings. The zero-order chi connectivity index (χ0) is 25.6. The van der Waals surface area contributed by atoms with Gasteiger partial charge in [-0.1, -0.05) is 37.3 Å². The Morgan fingerprint density at radius 3 is 2.34 bits per heavy atom. The van der Waals surface area contributed by atoms with Crippen LogP contribution in [0.25, 0.3) is 0 Å². The smallest absolute Gasteiger partial charge is 0.149 e. The molecular formula is C24H28ClI2N3O5. The average Bonchev–Trinajstić information content (AvgIpc) is 3.20. The predicted octanol–water partition coefficient (Wildman–Crippen LogP) is 3.72. The van der Waals surface area contributed by atoms with Crippen LogP contribution in [0, 0.1) is 7.27 Å². The van der Waals surface area contributed by atoms with Gasteiger partial charge in [0.25, 0.3) is 0 Å². The van der Waals surface area contributed by atoms with Gasteiger partial charge in [0.1, 0.15) is 40.6 Å². The number of halogens is 3. The van der Waals surface area contributed by atoms with Gasteiger partial charge in [-0.15, -0.1) is 16.7 Å². The molecule has 190 valence electrons. The SMILES string of the molecule is CC(C)(c1ccc(OC[C@H](O)Cn2nnc(I)c2CO)cc1)c1ccc(OC[C@H](O)CCl)c([123I])c1. The van der Waals surface area contributed by atoms with E-state index in [-0.39, 0.29) is 37.7 Å². The first-order chi connectivity index (χ1) is 16.6. The predicted molar refractivity (Wildman–Crippen MR) is 150 cm³/mol. The molecule has 11 heteroatoms. The molecule has 0 aliphatic carbocycles. The van der Waals surface area contributed by atoms with Crippen molar-refractivity contribution in [2.75, 3.05) is 19.1 Å². The van der Waals surface area contributed by atoms with E-state index in [0.717, 1.165) is 14.7 Å². The van der Waals surface area contributed by atoms with Crippen LogP contribution in [-0.2, 0) is 18.6 Å². The van der Waals surface area contributed by atoms with E-state index in [0.29, 0.717) is 20.9 Å². The van der Waals surface area contributed by atoms with Gasteiger partial charge < -0.3 is 24.8 Å². The van der Waals surface area contributed by atoms with Crippen LogP contribution < -0.4 is 9.47 Å². The van der Waals surface area contributed by atoms with Crippen molar-refractivity contribution in [2.45, 2.75) is 44.6 Å². The molecule has 0 aliphatic heterocycles. The summed E-state index contributed by atoms with van der Waals surface area (Å²) in [4.78, 5) is 0. The Morgan fingerprint density at radius 2 is 1.71 bits per heavy atom. The molecule has 0 unspecified atom stereocenters. The lowest BCUT2D eigenvalue weighted by Gasteiger charge is -2.27. The minimum atomic E-state index is -0.803. The standard InChI is InChI=1S/C24H28ClI2N3O5/c1-24(2,16-5-8-22(20(26)9-16)35-13-17(32)10-25)15-3-6-19(7-4-15)34-14-18(33)11-30-21(12-31)23(27)28-29-30/h3-9,17-18,31-33H,10-14H2,1-2H3/t17-,18-/m1/s1/i26-4. The minimum absolute atomic E-state index is 0.0854. The van der Waals surface area contributed by atoms with Gasteiger partial charge in [-0.2, -0.15) is 0 Å². The van der Waals surface area contributed by atoms with Crippen LogP contribution in [-0.4, -0.2) is 61.6 Å². The average molecular weight is 724 g/mol. The van der Waals surface area contributed by atoms with Crippen molar-refractivity contribution in [3.63, 3.8) is 0 Å². The van der Waals surface area contributed by atoms with Crippen molar-refractivity contribution in [2.24, 2.45) is 0 Å². The monoisotopic (exact) mass is 723 g/mol. The van der Waals surface area contributed by atoms with Crippen molar-refractivity contribution in [3.8, 4) is 11.5 Å². The van der Waals surface area contributed by atoms with Crippen molar-refractivity contribution in [1.29, 1.82) is 0 Å². The third kappa shape index (κ3) is 7.41. The zero-order valence-corrected chi connectivity index (χ0v) is 24.4. The highest BCUT2D eigenvalue weighted by Crippen LogP contribution is 2.35. The van der Waals surface area contributed by atoms with Crippen molar-refractivity contribution < 1.29 is 24.8 Å². The molecule has 1 aromatic heterocycles. The summed E-state index contributed by atoms with van der Waals surface area (Å²) >= 11 is 9.86. The Bertz CT molecular complexity index is 1110. The van der Waals surface area contributed by atoms with Gasteiger partial charge in [0.15, 0.2) is 0 Å². The van der Waals surface area contributed by atoms with E-state index in [1.807, 2.05) is 59.0 Å². The summed E-state index contributed by atoms with van der Waals surface area (Å²) in [5, 5.41) is 37.2. The van der Waals surface area contributed by atoms with Gasteiger partial charge >= 0.3 is 0 Å². The highest BCUT2D eigenvalue weighted by atomic mass is 127. The summed E-state index contributed by atoms with van der Waals surface area (Å²) in [6.07, 6.45) is -1.50. The van der Waals surface area contributed by atoms with E-state index >= 15 is 0 Å². The van der Waals surface area contributed by atoms with Gasteiger partial charge in [-0.3, -0.25) is 0 Å². The third-order valence-electron chi connectivity index (χ3n) is 5.60. The molecule has 0 saturated carbocycles. The van der Waals surface area contributed by atoms with E-state index in [2.05, 4.69) is 52.8 Å². The Morgan fingerprint density at radius 1 is 1.06 bits per heavy atom. The molecule has 35 heavy (non-hydrogen) atoms. The molecule has 0 bridgehead atoms. The highest BCUT2D eigenvalue weighted by molar-refractivity contribution is 14.1. The van der Waals surface area contributed by atoms with Crippen LogP contribution in [0.3, 0.4) is 0 Å². The molecule has 3 aromatic rings. The molecule has 8 nitrogen and oxygen atoms in total. The van der Waals surface area contributed by atoms with Crippen LogP contribution in [0.5, 0.6) is 11.5 Å². The quantitative estimate of drug-likeness (QED) is 0.193. The van der Waals surface area contributed by atoms with E-state index < -0.39 is 12.2 Å². The summed E-state index contributed by atoms with van der Waals surface area (Å²) in [6, 6.07) is 13.8. The molecule has 2 aromatic carbocycles. The normalized spacial score (nSPS) is 13.5. The van der Waals surface area contributed by atoms with Crippen molar-refractivity contribution in [1.82, 2.24) is 15.0 Å². The van der Waals surface area contributed by atoms with Crippen LogP contribution >= 0.6 is 56.8 Å². The van der Waals surface area contributed by atoms with Gasteiger partial charge in [-0.05, 0) is 80.6 Å². The third-order valence-corrected chi connectivity index (χ3v) is 7.64. The topological polar surface area (TPSA) is 110 Å². The molecule has 3 N–H and O–H groups in total. The second-order valence-electron chi connectivity index (χ2n) is 8.55. The summed E-state index contributed by atoms with van der Waals surface area (Å²) < 4.78 is 14.5. The van der Waals surface area contributed by atoms with Crippen LogP contribution in [0.2, 0.25) is 0 Å². The molecule has 0 spiro atoms. The Kier molecular flexibility index (Phi) is 10.4. The molecule has 0 radical (unpaired) electrons. The fraction of sp³-hybridized carbons (Fsp3) is 0.417. The molecule has 1 heterocycles. The lowest BCUT2D eigenvalue weighted by molar-refractivity contribution is 0.0866. The number of hydrogen-bond donors (Lipinski definition) is 3. The summed E-state index contributed by atoms with van der Waals surface area (Å²) in [5.41, 5.74) is 2.53. The second-order valence-corrected chi connectivity index (χ2v) is 11.0. The largest absolute Gasteiger partial charge is 0.491 e. The number of hydrogen-bond acceptors (Lipinski definition) is 7.